The van der Waals surface area contributed by atoms with Crippen LogP contribution in [0.4, 0.5) is 13.6 Å². The van der Waals surface area contributed by atoms with Gasteiger partial charge in [0.1, 0.15) is 11.6 Å². The Morgan fingerprint density at radius 2 is 1.96 bits per heavy atom. The van der Waals surface area contributed by atoms with Crippen molar-refractivity contribution in [3.8, 4) is 6.07 Å². The highest BCUT2D eigenvalue weighted by atomic mass is 19.3. The smallest absolute Gasteiger partial charge is 0.318 e. The van der Waals surface area contributed by atoms with Crippen molar-refractivity contribution in [3.63, 3.8) is 0 Å². The van der Waals surface area contributed by atoms with E-state index in [9.17, 15) is 18.4 Å². The quantitative estimate of drug-likeness (QED) is 0.793. The first kappa shape index (κ1) is 17.9. The largest absolute Gasteiger partial charge is 0.336 e. The number of halogens is 2. The van der Waals surface area contributed by atoms with Crippen molar-refractivity contribution >= 4 is 11.9 Å². The molecule has 1 unspecified atom stereocenters. The second-order valence-corrected chi connectivity index (χ2v) is 7.98. The third-order valence-corrected chi connectivity index (χ3v) is 5.41. The van der Waals surface area contributed by atoms with Crippen LogP contribution in [0.5, 0.6) is 0 Å². The zero-order valence-electron chi connectivity index (χ0n) is 14.4. The summed E-state index contributed by atoms with van der Waals surface area (Å²) >= 11 is 0. The number of alkyl halides is 2. The van der Waals surface area contributed by atoms with E-state index in [-0.39, 0.29) is 5.41 Å². The van der Waals surface area contributed by atoms with Gasteiger partial charge in [-0.2, -0.15) is 5.26 Å². The fourth-order valence-corrected chi connectivity index (χ4v) is 3.49. The van der Waals surface area contributed by atoms with E-state index in [2.05, 4.69) is 10.6 Å². The molecule has 1 aliphatic heterocycles. The van der Waals surface area contributed by atoms with Crippen LogP contribution in [0.15, 0.2) is 0 Å². The Morgan fingerprint density at radius 3 is 2.48 bits per heavy atom. The summed E-state index contributed by atoms with van der Waals surface area (Å²) in [7, 11) is 0. The van der Waals surface area contributed by atoms with Crippen LogP contribution >= 0.6 is 0 Å². The van der Waals surface area contributed by atoms with Crippen LogP contribution in [-0.4, -0.2) is 47.4 Å². The molecule has 1 saturated heterocycles. The van der Waals surface area contributed by atoms with Gasteiger partial charge in [-0.15, -0.1) is 0 Å². The summed E-state index contributed by atoms with van der Waals surface area (Å²) in [6, 6.07) is 0.168. The van der Waals surface area contributed by atoms with E-state index < -0.39 is 35.9 Å². The van der Waals surface area contributed by atoms with E-state index in [1.165, 1.54) is 0 Å². The molecular formula is C17H24F2N4O2. The molecule has 2 aliphatic carbocycles. The first-order valence-corrected chi connectivity index (χ1v) is 8.83. The van der Waals surface area contributed by atoms with Crippen molar-refractivity contribution in [3.05, 3.63) is 0 Å². The molecule has 1 atom stereocenters. The number of likely N-dealkylation sites (tertiary alicyclic amines) is 1. The molecule has 0 aromatic carbocycles. The Labute approximate surface area is 145 Å². The first-order valence-electron chi connectivity index (χ1n) is 8.83. The minimum Gasteiger partial charge on any atom is -0.336 e. The Balaban J connectivity index is 1.63. The molecule has 0 radical (unpaired) electrons. The van der Waals surface area contributed by atoms with Gasteiger partial charge in [-0.25, -0.2) is 13.6 Å². The third kappa shape index (κ3) is 4.39. The van der Waals surface area contributed by atoms with Crippen LogP contribution in [0.1, 0.15) is 51.9 Å². The second-order valence-electron chi connectivity index (χ2n) is 7.98. The number of carbonyl (C=O) groups is 2. The lowest BCUT2D eigenvalue weighted by atomic mass is 9.95. The van der Waals surface area contributed by atoms with Crippen LogP contribution in [-0.2, 0) is 4.79 Å². The highest BCUT2D eigenvalue weighted by Gasteiger charge is 2.48. The van der Waals surface area contributed by atoms with Crippen LogP contribution in [0, 0.1) is 16.7 Å². The van der Waals surface area contributed by atoms with Crippen molar-refractivity contribution in [1.82, 2.24) is 15.5 Å². The summed E-state index contributed by atoms with van der Waals surface area (Å²) in [6.45, 7) is 1.92. The molecule has 0 aromatic rings. The number of hydrogen-bond acceptors (Lipinski definition) is 3. The Hall–Kier alpha value is -1.91. The van der Waals surface area contributed by atoms with Crippen LogP contribution < -0.4 is 10.6 Å². The summed E-state index contributed by atoms with van der Waals surface area (Å²) < 4.78 is 27.0. The molecule has 1 heterocycles. The maximum Gasteiger partial charge on any atom is 0.318 e. The molecule has 2 saturated carbocycles. The number of carbonyl (C=O) groups excluding carboxylic acids is 2. The molecule has 1 spiro atoms. The third-order valence-electron chi connectivity index (χ3n) is 5.41. The molecule has 0 bridgehead atoms. The molecule has 0 aromatic heterocycles. The van der Waals surface area contributed by atoms with E-state index in [0.29, 0.717) is 25.9 Å². The molecule has 25 heavy (non-hydrogen) atoms. The number of hydrogen-bond donors (Lipinski definition) is 2. The number of nitrogens with zero attached hydrogens (tertiary/aromatic N) is 2. The molecule has 8 heteroatoms. The van der Waals surface area contributed by atoms with Gasteiger partial charge in [0, 0.05) is 19.5 Å². The van der Waals surface area contributed by atoms with E-state index >= 15 is 0 Å². The summed E-state index contributed by atoms with van der Waals surface area (Å²) in [5, 5.41) is 14.0. The van der Waals surface area contributed by atoms with Gasteiger partial charge in [0.25, 0.3) is 0 Å². The molecule has 6 nitrogen and oxygen atoms in total. The van der Waals surface area contributed by atoms with Gasteiger partial charge in [-0.05, 0) is 50.9 Å². The fraction of sp³-hybridized carbons (Fsp3) is 0.824. The number of nitriles is 1. The summed E-state index contributed by atoms with van der Waals surface area (Å²) in [6.07, 6.45) is 4.41. The topological polar surface area (TPSA) is 85.2 Å². The van der Waals surface area contributed by atoms with Crippen LogP contribution in [0.2, 0.25) is 0 Å². The average molecular weight is 354 g/mol. The lowest BCUT2D eigenvalue weighted by molar-refractivity contribution is -0.126. The van der Waals surface area contributed by atoms with Gasteiger partial charge < -0.3 is 15.5 Å². The number of piperidine rings is 1. The summed E-state index contributed by atoms with van der Waals surface area (Å²) in [5.74, 6) is -3.81. The highest BCUT2D eigenvalue weighted by Crippen LogP contribution is 2.52. The van der Waals surface area contributed by atoms with Crippen LogP contribution in [0.3, 0.4) is 0 Å². The number of amides is 3. The predicted octanol–water partition coefficient (Wildman–Crippen LogP) is 2.16. The minimum absolute atomic E-state index is 0.209. The van der Waals surface area contributed by atoms with Gasteiger partial charge in [0.15, 0.2) is 0 Å². The summed E-state index contributed by atoms with van der Waals surface area (Å²) in [5.41, 5.74) is -0.743. The van der Waals surface area contributed by atoms with Gasteiger partial charge in [-0.1, -0.05) is 0 Å². The lowest BCUT2D eigenvalue weighted by Crippen LogP contribution is -2.56. The average Bonchev–Trinajstić information content (AvgIpc) is 3.45. The molecule has 3 fully saturated rings. The maximum absolute atomic E-state index is 13.5. The van der Waals surface area contributed by atoms with Crippen molar-refractivity contribution in [2.24, 2.45) is 5.41 Å². The standard InChI is InChI=1S/C17H24F2N4O2/c1-15(18,19)9-12(13(24)22-17(10-20)6-7-17)21-14(25)23-8-2-3-16(11-23)4-5-16/h12H,2-9,11H2,1H3,(H,21,25)(H,22,24). The van der Waals surface area contributed by atoms with E-state index in [4.69, 9.17) is 5.26 Å². The van der Waals surface area contributed by atoms with E-state index in [1.54, 1.807) is 4.90 Å². The predicted molar refractivity (Wildman–Crippen MR) is 85.8 cm³/mol. The Morgan fingerprint density at radius 1 is 1.28 bits per heavy atom. The number of rotatable bonds is 5. The zero-order valence-corrected chi connectivity index (χ0v) is 14.4. The van der Waals surface area contributed by atoms with Crippen LogP contribution in [0.25, 0.3) is 0 Å². The van der Waals surface area contributed by atoms with Gasteiger partial charge in [0.05, 0.1) is 6.07 Å². The molecule has 138 valence electrons. The zero-order chi connectivity index (χ0) is 18.3. The van der Waals surface area contributed by atoms with Crippen molar-refractivity contribution in [2.75, 3.05) is 13.1 Å². The Bertz CT molecular complexity index is 603. The van der Waals surface area contributed by atoms with Crippen molar-refractivity contribution in [2.45, 2.75) is 69.4 Å². The molecule has 3 aliphatic rings. The van der Waals surface area contributed by atoms with Gasteiger partial charge >= 0.3 is 6.03 Å². The molecule has 3 amide bonds. The normalized spacial score (nSPS) is 24.2. The monoisotopic (exact) mass is 354 g/mol. The van der Waals surface area contributed by atoms with Crippen molar-refractivity contribution in [1.29, 1.82) is 5.26 Å². The van der Waals surface area contributed by atoms with Gasteiger partial charge in [0.2, 0.25) is 11.8 Å². The fourth-order valence-electron chi connectivity index (χ4n) is 3.49. The van der Waals surface area contributed by atoms with E-state index in [0.717, 1.165) is 32.6 Å². The van der Waals surface area contributed by atoms with E-state index in [1.807, 2.05) is 6.07 Å². The van der Waals surface area contributed by atoms with Crippen molar-refractivity contribution < 1.29 is 18.4 Å². The minimum atomic E-state index is -3.10. The number of nitrogens with one attached hydrogen (secondary N) is 2. The maximum atomic E-state index is 13.5. The first-order chi connectivity index (χ1) is 11.7. The Kier molecular flexibility index (Phi) is 4.38. The second kappa shape index (κ2) is 6.11. The van der Waals surface area contributed by atoms with Gasteiger partial charge in [-0.3, -0.25) is 4.79 Å². The summed E-state index contributed by atoms with van der Waals surface area (Å²) in [4.78, 5) is 26.5. The highest BCUT2D eigenvalue weighted by molar-refractivity contribution is 5.88. The molecule has 2 N–H and O–H groups in total. The number of urea groups is 1. The SMILES string of the molecule is CC(F)(F)CC(NC(=O)N1CCCC2(CC2)C1)C(=O)NC1(C#N)CC1. The lowest BCUT2D eigenvalue weighted by Gasteiger charge is -2.34. The molecular weight excluding hydrogens is 330 g/mol. The molecule has 3 rings (SSSR count).